The van der Waals surface area contributed by atoms with Crippen molar-refractivity contribution in [3.05, 3.63) is 29.3 Å². The van der Waals surface area contributed by atoms with Gasteiger partial charge in [0, 0.05) is 18.8 Å². The number of nitrogens with zero attached hydrogens (tertiary/aromatic N) is 2. The molecule has 1 amide bonds. The zero-order valence-corrected chi connectivity index (χ0v) is 14.8. The number of carbonyl (C=O) groups is 1. The van der Waals surface area contributed by atoms with Crippen LogP contribution in [0.15, 0.2) is 18.2 Å². The lowest BCUT2D eigenvalue weighted by molar-refractivity contribution is -0.213. The fourth-order valence-electron chi connectivity index (χ4n) is 2.54. The van der Waals surface area contributed by atoms with Gasteiger partial charge in [0.05, 0.1) is 23.7 Å². The van der Waals surface area contributed by atoms with E-state index in [1.54, 1.807) is 0 Å². The Balaban J connectivity index is 0.00000392. The molecule has 1 saturated heterocycles. The zero-order valence-electron chi connectivity index (χ0n) is 14.0. The quantitative estimate of drug-likeness (QED) is 0.712. The molecule has 0 aromatic heterocycles. The number of nitrogens with two attached hydrogens (primary N) is 1. The molecule has 0 radical (unpaired) electrons. The monoisotopic (exact) mass is 432 g/mol. The van der Waals surface area contributed by atoms with Gasteiger partial charge in [-0.15, -0.1) is 12.4 Å². The van der Waals surface area contributed by atoms with E-state index in [-0.39, 0.29) is 25.5 Å². The average molecular weight is 433 g/mol. The van der Waals surface area contributed by atoms with E-state index in [9.17, 15) is 31.1 Å². The Hall–Kier alpha value is -2.23. The Labute approximate surface area is 161 Å². The molecule has 0 bridgehead atoms. The molecule has 13 heteroatoms. The third-order valence-corrected chi connectivity index (χ3v) is 3.72. The van der Waals surface area contributed by atoms with Gasteiger partial charge >= 0.3 is 12.4 Å². The summed E-state index contributed by atoms with van der Waals surface area (Å²) in [6, 6.07) is 3.49. The predicted octanol–water partition coefficient (Wildman–Crippen LogP) is 2.17. The maximum absolute atomic E-state index is 13.3. The molecule has 28 heavy (non-hydrogen) atoms. The number of nitrogens with one attached hydrogen (secondary N) is 1. The van der Waals surface area contributed by atoms with E-state index < -0.39 is 54.0 Å². The molecule has 0 spiro atoms. The van der Waals surface area contributed by atoms with E-state index in [4.69, 9.17) is 15.7 Å². The maximum Gasteiger partial charge on any atom is 0.433 e. The first-order valence-electron chi connectivity index (χ1n) is 7.57. The molecular formula is C15H15ClF6N4O2. The van der Waals surface area contributed by atoms with E-state index in [0.29, 0.717) is 11.0 Å². The van der Waals surface area contributed by atoms with E-state index in [0.717, 1.165) is 12.1 Å². The van der Waals surface area contributed by atoms with Gasteiger partial charge in [-0.25, -0.2) is 0 Å². The van der Waals surface area contributed by atoms with Crippen LogP contribution in [0.5, 0.6) is 0 Å². The molecule has 1 fully saturated rings. The van der Waals surface area contributed by atoms with Gasteiger partial charge in [0.1, 0.15) is 0 Å². The lowest BCUT2D eigenvalue weighted by Gasteiger charge is -2.27. The van der Waals surface area contributed by atoms with Gasteiger partial charge < -0.3 is 20.7 Å². The average Bonchev–Trinajstić information content (AvgIpc) is 3.04. The van der Waals surface area contributed by atoms with Crippen LogP contribution in [0.4, 0.5) is 32.0 Å². The lowest BCUT2D eigenvalue weighted by Crippen LogP contribution is -2.42. The molecule has 156 valence electrons. The van der Waals surface area contributed by atoms with E-state index in [2.05, 4.69) is 5.32 Å². The van der Waals surface area contributed by atoms with Crippen molar-refractivity contribution in [2.45, 2.75) is 24.7 Å². The molecule has 0 saturated carbocycles. The summed E-state index contributed by atoms with van der Waals surface area (Å²) < 4.78 is 83.8. The third-order valence-electron chi connectivity index (χ3n) is 3.72. The van der Waals surface area contributed by atoms with Crippen LogP contribution in [-0.4, -0.2) is 44.0 Å². The van der Waals surface area contributed by atoms with Crippen molar-refractivity contribution >= 4 is 24.0 Å². The molecule has 1 aromatic rings. The number of amides is 1. The second kappa shape index (κ2) is 8.85. The number of alkyl halides is 6. The Morgan fingerprint density at radius 2 is 1.96 bits per heavy atom. The molecule has 6 nitrogen and oxygen atoms in total. The molecule has 1 heterocycles. The summed E-state index contributed by atoms with van der Waals surface area (Å²) in [4.78, 5) is 12.4. The van der Waals surface area contributed by atoms with Crippen molar-refractivity contribution in [1.82, 2.24) is 5.32 Å². The molecule has 1 aliphatic rings. The third kappa shape index (κ3) is 5.18. The number of halogens is 7. The molecule has 3 N–H and O–H groups in total. The molecular weight excluding hydrogens is 418 g/mol. The van der Waals surface area contributed by atoms with Crippen molar-refractivity contribution in [3.8, 4) is 6.07 Å². The smallest absolute Gasteiger partial charge is 0.353 e. The maximum atomic E-state index is 13.3. The van der Waals surface area contributed by atoms with Gasteiger partial charge in [-0.1, -0.05) is 0 Å². The first-order chi connectivity index (χ1) is 12.5. The highest BCUT2D eigenvalue weighted by Gasteiger charge is 2.52. The van der Waals surface area contributed by atoms with Crippen LogP contribution >= 0.6 is 12.4 Å². The van der Waals surface area contributed by atoms with Gasteiger partial charge in [-0.3, -0.25) is 4.79 Å². The highest BCUT2D eigenvalue weighted by molar-refractivity contribution is 5.85. The first kappa shape index (κ1) is 23.8. The number of carbonyl (C=O) groups excluding carboxylic acids is 1. The minimum Gasteiger partial charge on any atom is -0.353 e. The van der Waals surface area contributed by atoms with Gasteiger partial charge in [0.15, 0.2) is 6.10 Å². The number of ether oxygens (including phenoxy) is 1. The summed E-state index contributed by atoms with van der Waals surface area (Å²) in [5.41, 5.74) is 2.62. The zero-order chi connectivity index (χ0) is 20.4. The van der Waals surface area contributed by atoms with Crippen molar-refractivity contribution < 1.29 is 35.9 Å². The molecule has 2 unspecified atom stereocenters. The van der Waals surface area contributed by atoms with Crippen molar-refractivity contribution in [3.63, 3.8) is 0 Å². The number of anilines is 1. The van der Waals surface area contributed by atoms with E-state index in [1.165, 1.54) is 6.07 Å². The fourth-order valence-corrected chi connectivity index (χ4v) is 2.54. The number of hydrogen-bond acceptors (Lipinski definition) is 5. The van der Waals surface area contributed by atoms with Gasteiger partial charge in [0.25, 0.3) is 5.91 Å². The van der Waals surface area contributed by atoms with Crippen molar-refractivity contribution in [1.29, 1.82) is 5.26 Å². The summed E-state index contributed by atoms with van der Waals surface area (Å²) in [6.07, 6.45) is -14.1. The number of nitriles is 1. The highest BCUT2D eigenvalue weighted by atomic mass is 35.5. The number of rotatable bonds is 4. The van der Waals surface area contributed by atoms with Crippen LogP contribution in [0.3, 0.4) is 0 Å². The van der Waals surface area contributed by atoms with Crippen LogP contribution in [0.1, 0.15) is 11.1 Å². The molecule has 0 aliphatic carbocycles. The topological polar surface area (TPSA) is 91.4 Å². The molecule has 2 atom stereocenters. The second-order valence-electron chi connectivity index (χ2n) is 5.59. The van der Waals surface area contributed by atoms with Crippen LogP contribution < -0.4 is 16.0 Å². The molecule has 1 aliphatic heterocycles. The predicted molar refractivity (Wildman–Crippen MR) is 87.5 cm³/mol. The Morgan fingerprint density at radius 3 is 2.46 bits per heavy atom. The molecule has 1 aromatic carbocycles. The largest absolute Gasteiger partial charge is 0.433 e. The van der Waals surface area contributed by atoms with Crippen LogP contribution in [0.2, 0.25) is 0 Å². The molecule has 2 rings (SSSR count). The normalized spacial score (nSPS) is 19.7. The standard InChI is InChI=1S/C15H14F6N4O2.ClH/c16-14(17,18)10-5-9(2-1-8(10)6-23)25-7-11(12(26)24-4-3-22)27-13(25)15(19,20)21;/h1-2,5,11,13H,3-4,7,22H2,(H,24,26);1H. The van der Waals surface area contributed by atoms with Crippen LogP contribution in [0.25, 0.3) is 0 Å². The van der Waals surface area contributed by atoms with Crippen molar-refractivity contribution in [2.75, 3.05) is 24.5 Å². The van der Waals surface area contributed by atoms with Crippen LogP contribution in [-0.2, 0) is 15.7 Å². The van der Waals surface area contributed by atoms with Gasteiger partial charge in [0.2, 0.25) is 6.23 Å². The summed E-state index contributed by atoms with van der Waals surface area (Å²) in [6.45, 7) is -0.566. The second-order valence-corrected chi connectivity index (χ2v) is 5.59. The van der Waals surface area contributed by atoms with E-state index in [1.807, 2.05) is 0 Å². The summed E-state index contributed by atoms with van der Waals surface area (Å²) in [5, 5.41) is 11.1. The Bertz CT molecular complexity index is 750. The highest BCUT2D eigenvalue weighted by Crippen LogP contribution is 2.39. The fraction of sp³-hybridized carbons (Fsp3) is 0.467. The summed E-state index contributed by atoms with van der Waals surface area (Å²) >= 11 is 0. The Morgan fingerprint density at radius 1 is 1.32 bits per heavy atom. The SMILES string of the molecule is Cl.N#Cc1ccc(N2CC(C(=O)NCCN)OC2C(F)(F)F)cc1C(F)(F)F. The van der Waals surface area contributed by atoms with E-state index >= 15 is 0 Å². The van der Waals surface area contributed by atoms with Crippen molar-refractivity contribution in [2.24, 2.45) is 5.73 Å². The summed E-state index contributed by atoms with van der Waals surface area (Å²) in [5.74, 6) is -0.859. The van der Waals surface area contributed by atoms with Gasteiger partial charge in [-0.2, -0.15) is 31.6 Å². The Kier molecular flexibility index (Phi) is 7.52. The number of benzene rings is 1. The minimum absolute atomic E-state index is 0. The van der Waals surface area contributed by atoms with Crippen LogP contribution in [0, 0.1) is 11.3 Å². The first-order valence-corrected chi connectivity index (χ1v) is 7.57. The number of hydrogen-bond donors (Lipinski definition) is 2. The lowest BCUT2D eigenvalue weighted by atomic mass is 10.1. The summed E-state index contributed by atoms with van der Waals surface area (Å²) in [7, 11) is 0. The van der Waals surface area contributed by atoms with Gasteiger partial charge in [-0.05, 0) is 18.2 Å². The minimum atomic E-state index is -4.96.